The molecule has 1 fully saturated rings. The summed E-state index contributed by atoms with van der Waals surface area (Å²) in [7, 11) is 0. The second-order valence-electron chi connectivity index (χ2n) is 5.14. The molecule has 0 saturated carbocycles. The van der Waals surface area contributed by atoms with E-state index in [1.54, 1.807) is 0 Å². The van der Waals surface area contributed by atoms with E-state index in [1.165, 1.54) is 0 Å². The Hall–Kier alpha value is -0.610. The van der Waals surface area contributed by atoms with Crippen molar-refractivity contribution in [2.75, 3.05) is 26.2 Å². The minimum absolute atomic E-state index is 0.131. The van der Waals surface area contributed by atoms with Crippen molar-refractivity contribution < 1.29 is 9.53 Å². The first-order chi connectivity index (χ1) is 7.44. The fraction of sp³-hybridized carbons (Fsp3) is 0.833. The summed E-state index contributed by atoms with van der Waals surface area (Å²) in [6.07, 6.45) is 0.819. The van der Waals surface area contributed by atoms with Gasteiger partial charge in [-0.3, -0.25) is 9.69 Å². The predicted molar refractivity (Wildman–Crippen MR) is 64.0 cm³/mol. The molecule has 1 aliphatic heterocycles. The molecule has 1 unspecified atom stereocenters. The quantitative estimate of drug-likeness (QED) is 0.725. The number of rotatable bonds is 3. The molecule has 1 N–H and O–H groups in total. The summed E-state index contributed by atoms with van der Waals surface area (Å²) >= 11 is 0. The number of carbonyl (C=O) groups excluding carboxylic acids is 1. The zero-order valence-corrected chi connectivity index (χ0v) is 10.6. The van der Waals surface area contributed by atoms with Crippen molar-refractivity contribution in [3.05, 3.63) is 6.92 Å². The summed E-state index contributed by atoms with van der Waals surface area (Å²) in [5.41, 5.74) is -0.412. The molecule has 4 heteroatoms. The molecular formula is C12H23N2O2. The highest BCUT2D eigenvalue weighted by atomic mass is 16.6. The van der Waals surface area contributed by atoms with Crippen LogP contribution in [0.15, 0.2) is 0 Å². The lowest BCUT2D eigenvalue weighted by molar-refractivity contribution is -0.162. The molecule has 0 bridgehead atoms. The second-order valence-corrected chi connectivity index (χ2v) is 5.14. The van der Waals surface area contributed by atoms with Crippen LogP contribution in [-0.4, -0.2) is 48.7 Å². The molecule has 0 aromatic carbocycles. The summed E-state index contributed by atoms with van der Waals surface area (Å²) in [5, 5.41) is 3.23. The topological polar surface area (TPSA) is 41.6 Å². The Bertz CT molecular complexity index is 234. The van der Waals surface area contributed by atoms with Crippen LogP contribution >= 0.6 is 0 Å². The maximum atomic E-state index is 12.0. The Morgan fingerprint density at radius 1 is 1.56 bits per heavy atom. The standard InChI is InChI=1S/C12H23N2O2/c1-5-7-14-8-6-13-9-10(14)11(15)16-12(2,3)4/h10,13H,1,5-9H2,2-4H3. The second kappa shape index (κ2) is 5.64. The van der Waals surface area contributed by atoms with E-state index in [4.69, 9.17) is 4.74 Å². The Morgan fingerprint density at radius 2 is 2.25 bits per heavy atom. The lowest BCUT2D eigenvalue weighted by Crippen LogP contribution is -2.56. The van der Waals surface area contributed by atoms with Crippen LogP contribution in [-0.2, 0) is 9.53 Å². The third-order valence-electron chi connectivity index (χ3n) is 2.48. The van der Waals surface area contributed by atoms with Crippen molar-refractivity contribution in [1.29, 1.82) is 0 Å². The highest BCUT2D eigenvalue weighted by Crippen LogP contribution is 2.12. The van der Waals surface area contributed by atoms with Gasteiger partial charge in [0.05, 0.1) is 0 Å². The number of hydrogen-bond donors (Lipinski definition) is 1. The van der Waals surface area contributed by atoms with Gasteiger partial charge in [0, 0.05) is 19.6 Å². The fourth-order valence-electron chi connectivity index (χ4n) is 1.82. The highest BCUT2D eigenvalue weighted by Gasteiger charge is 2.31. The molecule has 93 valence electrons. The maximum Gasteiger partial charge on any atom is 0.325 e. The number of nitrogens with one attached hydrogen (secondary N) is 1. The lowest BCUT2D eigenvalue weighted by atomic mass is 10.1. The Balaban J connectivity index is 2.57. The Morgan fingerprint density at radius 3 is 2.81 bits per heavy atom. The van der Waals surface area contributed by atoms with Crippen LogP contribution in [0.5, 0.6) is 0 Å². The minimum Gasteiger partial charge on any atom is -0.459 e. The molecule has 1 atom stereocenters. The van der Waals surface area contributed by atoms with Crippen LogP contribution < -0.4 is 5.32 Å². The van der Waals surface area contributed by atoms with E-state index in [0.29, 0.717) is 6.54 Å². The van der Waals surface area contributed by atoms with Gasteiger partial charge in [-0.1, -0.05) is 6.92 Å². The van der Waals surface area contributed by atoms with Crippen LogP contribution in [0.25, 0.3) is 0 Å². The number of ether oxygens (including phenoxy) is 1. The Kier molecular flexibility index (Phi) is 4.74. The Labute approximate surface area is 98.3 Å². The van der Waals surface area contributed by atoms with Gasteiger partial charge in [-0.2, -0.15) is 0 Å². The molecular weight excluding hydrogens is 204 g/mol. The number of hydrogen-bond acceptors (Lipinski definition) is 4. The van der Waals surface area contributed by atoms with E-state index in [0.717, 1.165) is 26.1 Å². The predicted octanol–water partition coefficient (Wildman–Crippen LogP) is 0.826. The lowest BCUT2D eigenvalue weighted by Gasteiger charge is -2.35. The molecule has 1 radical (unpaired) electrons. The molecule has 16 heavy (non-hydrogen) atoms. The summed E-state index contributed by atoms with van der Waals surface area (Å²) in [5.74, 6) is -0.131. The molecule has 0 aliphatic carbocycles. The fourth-order valence-corrected chi connectivity index (χ4v) is 1.82. The monoisotopic (exact) mass is 227 g/mol. The molecule has 0 aromatic rings. The van der Waals surface area contributed by atoms with Gasteiger partial charge in [-0.15, -0.1) is 0 Å². The van der Waals surface area contributed by atoms with Gasteiger partial charge < -0.3 is 10.1 Å². The van der Waals surface area contributed by atoms with Crippen LogP contribution in [0.3, 0.4) is 0 Å². The molecule has 0 spiro atoms. The number of nitrogens with zero attached hydrogens (tertiary/aromatic N) is 1. The third-order valence-corrected chi connectivity index (χ3v) is 2.48. The van der Waals surface area contributed by atoms with Gasteiger partial charge in [-0.25, -0.2) is 0 Å². The van der Waals surface area contributed by atoms with Crippen LogP contribution in [0, 0.1) is 6.92 Å². The summed E-state index contributed by atoms with van der Waals surface area (Å²) in [6.45, 7) is 12.9. The van der Waals surface area contributed by atoms with E-state index in [9.17, 15) is 4.79 Å². The van der Waals surface area contributed by atoms with Gasteiger partial charge in [0.15, 0.2) is 0 Å². The zero-order chi connectivity index (χ0) is 12.2. The SMILES string of the molecule is [CH2]CCN1CCNCC1C(=O)OC(C)(C)C. The number of carbonyl (C=O) groups is 1. The molecule has 1 saturated heterocycles. The van der Waals surface area contributed by atoms with Gasteiger partial charge >= 0.3 is 5.97 Å². The van der Waals surface area contributed by atoms with Gasteiger partial charge in [-0.05, 0) is 33.7 Å². The van der Waals surface area contributed by atoms with E-state index in [2.05, 4.69) is 17.1 Å². The third kappa shape index (κ3) is 4.10. The van der Waals surface area contributed by atoms with E-state index < -0.39 is 5.60 Å². The van der Waals surface area contributed by atoms with E-state index in [1.807, 2.05) is 20.8 Å². The van der Waals surface area contributed by atoms with Crippen molar-refractivity contribution in [2.45, 2.75) is 38.8 Å². The first-order valence-electron chi connectivity index (χ1n) is 5.91. The maximum absolute atomic E-state index is 12.0. The van der Waals surface area contributed by atoms with Gasteiger partial charge in [0.1, 0.15) is 11.6 Å². The molecule has 1 heterocycles. The average molecular weight is 227 g/mol. The van der Waals surface area contributed by atoms with E-state index in [-0.39, 0.29) is 12.0 Å². The first kappa shape index (κ1) is 13.5. The summed E-state index contributed by atoms with van der Waals surface area (Å²) in [4.78, 5) is 14.1. The van der Waals surface area contributed by atoms with E-state index >= 15 is 0 Å². The molecule has 1 rings (SSSR count). The smallest absolute Gasteiger partial charge is 0.325 e. The molecule has 4 nitrogen and oxygen atoms in total. The van der Waals surface area contributed by atoms with Crippen molar-refractivity contribution in [3.63, 3.8) is 0 Å². The molecule has 0 amide bonds. The normalized spacial score (nSPS) is 23.1. The minimum atomic E-state index is -0.412. The first-order valence-corrected chi connectivity index (χ1v) is 5.91. The van der Waals surface area contributed by atoms with Crippen LogP contribution in [0.4, 0.5) is 0 Å². The molecule has 1 aliphatic rings. The van der Waals surface area contributed by atoms with Crippen LogP contribution in [0.1, 0.15) is 27.2 Å². The van der Waals surface area contributed by atoms with Crippen LogP contribution in [0.2, 0.25) is 0 Å². The summed E-state index contributed by atoms with van der Waals surface area (Å²) < 4.78 is 5.41. The highest BCUT2D eigenvalue weighted by molar-refractivity contribution is 5.76. The van der Waals surface area contributed by atoms with Gasteiger partial charge in [0.2, 0.25) is 0 Å². The average Bonchev–Trinajstić information content (AvgIpc) is 2.16. The van der Waals surface area contributed by atoms with Gasteiger partial charge in [0.25, 0.3) is 0 Å². The largest absolute Gasteiger partial charge is 0.459 e. The number of esters is 1. The van der Waals surface area contributed by atoms with Crippen molar-refractivity contribution in [1.82, 2.24) is 10.2 Å². The van der Waals surface area contributed by atoms with Crippen molar-refractivity contribution >= 4 is 5.97 Å². The summed E-state index contributed by atoms with van der Waals surface area (Å²) in [6, 6.07) is -0.158. The van der Waals surface area contributed by atoms with Crippen molar-refractivity contribution in [3.8, 4) is 0 Å². The number of piperazine rings is 1. The van der Waals surface area contributed by atoms with Crippen molar-refractivity contribution in [2.24, 2.45) is 0 Å². The zero-order valence-electron chi connectivity index (χ0n) is 10.6. The molecule has 0 aromatic heterocycles.